The molecule has 2 heterocycles. The summed E-state index contributed by atoms with van der Waals surface area (Å²) in [5.41, 5.74) is 1.92. The molecule has 0 aliphatic heterocycles. The lowest BCUT2D eigenvalue weighted by Crippen LogP contribution is -2.32. The first-order valence-electron chi connectivity index (χ1n) is 7.22. The first-order chi connectivity index (χ1) is 10.7. The van der Waals surface area contributed by atoms with Gasteiger partial charge in [0, 0.05) is 18.0 Å². The maximum absolute atomic E-state index is 12.9. The zero-order valence-electron chi connectivity index (χ0n) is 11.8. The summed E-state index contributed by atoms with van der Waals surface area (Å²) in [7, 11) is 0. The van der Waals surface area contributed by atoms with E-state index in [0.29, 0.717) is 18.3 Å². The largest absolute Gasteiger partial charge is 0.450 e. The lowest BCUT2D eigenvalue weighted by molar-refractivity contribution is 0.0700. The van der Waals surface area contributed by atoms with Crippen molar-refractivity contribution in [2.45, 2.75) is 25.4 Å². The summed E-state index contributed by atoms with van der Waals surface area (Å²) < 4.78 is 6.68. The van der Waals surface area contributed by atoms with Crippen LogP contribution in [0.2, 0.25) is 0 Å². The maximum atomic E-state index is 12.9. The molecule has 112 valence electrons. The van der Waals surface area contributed by atoms with Gasteiger partial charge in [-0.2, -0.15) is 11.3 Å². The number of carbonyl (C=O) groups excluding carboxylic acids is 1. The number of nitrogens with zero attached hydrogens (tertiary/aromatic N) is 1. The highest BCUT2D eigenvalue weighted by Crippen LogP contribution is 2.32. The Kier molecular flexibility index (Phi) is 3.54. The lowest BCUT2D eigenvalue weighted by Gasteiger charge is -2.20. The molecule has 4 rings (SSSR count). The highest BCUT2D eigenvalue weighted by molar-refractivity contribution is 9.10. The summed E-state index contributed by atoms with van der Waals surface area (Å²) in [4.78, 5) is 14.8. The van der Waals surface area contributed by atoms with Crippen LogP contribution >= 0.6 is 27.3 Å². The maximum Gasteiger partial charge on any atom is 0.290 e. The molecule has 0 radical (unpaired) electrons. The molecule has 0 N–H and O–H groups in total. The van der Waals surface area contributed by atoms with E-state index in [-0.39, 0.29) is 5.91 Å². The molecule has 0 spiro atoms. The van der Waals surface area contributed by atoms with Crippen molar-refractivity contribution in [2.75, 3.05) is 0 Å². The van der Waals surface area contributed by atoms with Crippen LogP contribution in [0.1, 0.15) is 29.0 Å². The molecule has 3 aromatic rings. The molecule has 0 saturated heterocycles. The standard InChI is InChI=1S/C17H14BrNO2S/c18-14-3-1-2-12-8-15(21-16(12)14)17(20)19(13-4-5-13)9-11-6-7-22-10-11/h1-3,6-8,10,13H,4-5,9H2. The summed E-state index contributed by atoms with van der Waals surface area (Å²) in [6, 6.07) is 10.1. The molecule has 1 amide bonds. The quantitative estimate of drug-likeness (QED) is 0.638. The molecule has 0 atom stereocenters. The Morgan fingerprint density at radius 1 is 1.36 bits per heavy atom. The van der Waals surface area contributed by atoms with E-state index in [2.05, 4.69) is 27.4 Å². The lowest BCUT2D eigenvalue weighted by atomic mass is 10.2. The van der Waals surface area contributed by atoms with E-state index in [9.17, 15) is 4.79 Å². The van der Waals surface area contributed by atoms with Crippen molar-refractivity contribution in [1.82, 2.24) is 4.90 Å². The summed E-state index contributed by atoms with van der Waals surface area (Å²) in [6.45, 7) is 0.658. The molecular formula is C17H14BrNO2S. The van der Waals surface area contributed by atoms with Crippen LogP contribution in [0.25, 0.3) is 11.0 Å². The zero-order chi connectivity index (χ0) is 15.1. The summed E-state index contributed by atoms with van der Waals surface area (Å²) in [6.07, 6.45) is 2.17. The molecule has 3 nitrogen and oxygen atoms in total. The number of benzene rings is 1. The van der Waals surface area contributed by atoms with Gasteiger partial charge in [0.15, 0.2) is 5.76 Å². The van der Waals surface area contributed by atoms with Crippen LogP contribution in [0.5, 0.6) is 0 Å². The Hall–Kier alpha value is -1.59. The molecule has 1 aliphatic rings. The van der Waals surface area contributed by atoms with E-state index in [4.69, 9.17) is 4.42 Å². The van der Waals surface area contributed by atoms with Crippen molar-refractivity contribution in [3.8, 4) is 0 Å². The molecule has 1 fully saturated rings. The molecule has 2 aromatic heterocycles. The van der Waals surface area contributed by atoms with Crippen molar-refractivity contribution in [3.63, 3.8) is 0 Å². The Balaban J connectivity index is 1.66. The molecule has 1 aliphatic carbocycles. The number of carbonyl (C=O) groups is 1. The summed E-state index contributed by atoms with van der Waals surface area (Å²) in [5.74, 6) is 0.404. The second-order valence-electron chi connectivity index (χ2n) is 5.56. The third kappa shape index (κ3) is 2.59. The van der Waals surface area contributed by atoms with Gasteiger partial charge >= 0.3 is 0 Å². The van der Waals surface area contributed by atoms with Gasteiger partial charge in [0.1, 0.15) is 5.58 Å². The second-order valence-corrected chi connectivity index (χ2v) is 7.20. The van der Waals surface area contributed by atoms with Gasteiger partial charge in [-0.1, -0.05) is 12.1 Å². The van der Waals surface area contributed by atoms with Gasteiger partial charge in [0.25, 0.3) is 5.91 Å². The highest BCUT2D eigenvalue weighted by Gasteiger charge is 2.34. The smallest absolute Gasteiger partial charge is 0.290 e. The third-order valence-corrected chi connectivity index (χ3v) is 5.24. The molecule has 0 unspecified atom stereocenters. The van der Waals surface area contributed by atoms with E-state index in [0.717, 1.165) is 28.3 Å². The number of hydrogen-bond donors (Lipinski definition) is 0. The van der Waals surface area contributed by atoms with Crippen molar-refractivity contribution in [3.05, 3.63) is 56.9 Å². The number of halogens is 1. The van der Waals surface area contributed by atoms with E-state index in [1.54, 1.807) is 11.3 Å². The fourth-order valence-electron chi connectivity index (χ4n) is 2.61. The fourth-order valence-corrected chi connectivity index (χ4v) is 3.73. The predicted octanol–water partition coefficient (Wildman–Crippen LogP) is 5.06. The predicted molar refractivity (Wildman–Crippen MR) is 91.1 cm³/mol. The topological polar surface area (TPSA) is 33.5 Å². The Morgan fingerprint density at radius 3 is 2.91 bits per heavy atom. The normalized spacial score (nSPS) is 14.4. The highest BCUT2D eigenvalue weighted by atomic mass is 79.9. The van der Waals surface area contributed by atoms with Gasteiger partial charge in [0.05, 0.1) is 4.47 Å². The van der Waals surface area contributed by atoms with Crippen LogP contribution in [-0.2, 0) is 6.54 Å². The van der Waals surface area contributed by atoms with Crippen LogP contribution < -0.4 is 0 Å². The Labute approximate surface area is 140 Å². The Morgan fingerprint density at radius 2 is 2.23 bits per heavy atom. The van der Waals surface area contributed by atoms with E-state index in [1.165, 1.54) is 5.56 Å². The number of amides is 1. The van der Waals surface area contributed by atoms with Gasteiger partial charge in [-0.05, 0) is 63.3 Å². The Bertz CT molecular complexity index is 820. The van der Waals surface area contributed by atoms with Crippen LogP contribution in [0, 0.1) is 0 Å². The number of furan rings is 1. The number of para-hydroxylation sites is 1. The SMILES string of the molecule is O=C(c1cc2cccc(Br)c2o1)N(Cc1ccsc1)C1CC1. The molecular weight excluding hydrogens is 362 g/mol. The van der Waals surface area contributed by atoms with Crippen molar-refractivity contribution >= 4 is 44.1 Å². The molecule has 22 heavy (non-hydrogen) atoms. The molecule has 5 heteroatoms. The van der Waals surface area contributed by atoms with Gasteiger partial charge in [-0.25, -0.2) is 0 Å². The first-order valence-corrected chi connectivity index (χ1v) is 8.96. The number of rotatable bonds is 4. The van der Waals surface area contributed by atoms with Crippen molar-refractivity contribution < 1.29 is 9.21 Å². The minimum Gasteiger partial charge on any atom is -0.450 e. The van der Waals surface area contributed by atoms with Gasteiger partial charge in [0.2, 0.25) is 0 Å². The fraction of sp³-hybridized carbons (Fsp3) is 0.235. The molecule has 1 aromatic carbocycles. The average molecular weight is 376 g/mol. The van der Waals surface area contributed by atoms with Crippen LogP contribution in [0.15, 0.2) is 50.0 Å². The van der Waals surface area contributed by atoms with Gasteiger partial charge in [-0.15, -0.1) is 0 Å². The summed E-state index contributed by atoms with van der Waals surface area (Å²) in [5, 5.41) is 5.09. The first kappa shape index (κ1) is 14.0. The van der Waals surface area contributed by atoms with E-state index in [1.807, 2.05) is 34.5 Å². The minimum absolute atomic E-state index is 0.0169. The van der Waals surface area contributed by atoms with Crippen molar-refractivity contribution in [1.29, 1.82) is 0 Å². The monoisotopic (exact) mass is 375 g/mol. The molecule has 0 bridgehead atoms. The average Bonchev–Trinajstić information content (AvgIpc) is 3.05. The van der Waals surface area contributed by atoms with Crippen LogP contribution in [0.3, 0.4) is 0 Å². The van der Waals surface area contributed by atoms with E-state index < -0.39 is 0 Å². The van der Waals surface area contributed by atoms with Crippen LogP contribution in [0.4, 0.5) is 0 Å². The van der Waals surface area contributed by atoms with Crippen molar-refractivity contribution in [2.24, 2.45) is 0 Å². The van der Waals surface area contributed by atoms with Crippen LogP contribution in [-0.4, -0.2) is 16.8 Å². The van der Waals surface area contributed by atoms with Gasteiger partial charge < -0.3 is 9.32 Å². The third-order valence-electron chi connectivity index (χ3n) is 3.89. The zero-order valence-corrected chi connectivity index (χ0v) is 14.2. The number of thiophene rings is 1. The number of fused-ring (bicyclic) bond motifs is 1. The minimum atomic E-state index is -0.0169. The summed E-state index contributed by atoms with van der Waals surface area (Å²) >= 11 is 5.13. The van der Waals surface area contributed by atoms with E-state index >= 15 is 0 Å². The molecule has 1 saturated carbocycles. The van der Waals surface area contributed by atoms with Gasteiger partial charge in [-0.3, -0.25) is 4.79 Å². The second kappa shape index (κ2) is 5.56. The number of hydrogen-bond acceptors (Lipinski definition) is 3.